The molecule has 6 saturated heterocycles. The van der Waals surface area contributed by atoms with E-state index in [1.165, 1.54) is 0 Å². The Bertz CT molecular complexity index is 5140. The van der Waals surface area contributed by atoms with Crippen molar-refractivity contribution in [3.8, 4) is 33.8 Å². The summed E-state index contributed by atoms with van der Waals surface area (Å²) in [5.74, 6) is 3.90. The number of ether oxygens (including phenoxy) is 6. The molecule has 4 saturated carbocycles. The van der Waals surface area contributed by atoms with Crippen molar-refractivity contribution in [3.63, 3.8) is 0 Å². The number of nitrogens with zero attached hydrogens (tertiary/aromatic N) is 17. The van der Waals surface area contributed by atoms with Crippen LogP contribution in [-0.4, -0.2) is 256 Å². The van der Waals surface area contributed by atoms with E-state index in [0.717, 1.165) is 82.5 Å². The molecule has 27 heteroatoms. The fourth-order valence-electron chi connectivity index (χ4n) is 17.5. The van der Waals surface area contributed by atoms with E-state index in [2.05, 4.69) is 72.5 Å². The summed E-state index contributed by atoms with van der Waals surface area (Å²) in [5.41, 5.74) is 6.12. The van der Waals surface area contributed by atoms with E-state index in [0.29, 0.717) is 193 Å². The summed E-state index contributed by atoms with van der Waals surface area (Å²) < 4.78 is 37.2. The molecule has 1 N–H and O–H groups in total. The second-order valence-electron chi connectivity index (χ2n) is 32.9. The molecule has 9 aromatic rings. The highest BCUT2D eigenvalue weighted by Crippen LogP contribution is 2.52. The van der Waals surface area contributed by atoms with Crippen molar-refractivity contribution in [2.75, 3.05) is 155 Å². The Labute approximate surface area is 639 Å². The van der Waals surface area contributed by atoms with Crippen molar-refractivity contribution in [2.24, 2.45) is 0 Å². The molecule has 570 valence electrons. The van der Waals surface area contributed by atoms with Crippen LogP contribution >= 0.6 is 0 Å². The Kier molecular flexibility index (Phi) is 17.6. The van der Waals surface area contributed by atoms with Crippen molar-refractivity contribution in [1.82, 2.24) is 60.0 Å². The molecule has 0 radical (unpaired) electrons. The van der Waals surface area contributed by atoms with Gasteiger partial charge in [-0.2, -0.15) is 29.9 Å². The number of benzene rings is 3. The van der Waals surface area contributed by atoms with Crippen molar-refractivity contribution in [1.29, 1.82) is 0 Å². The molecular formula is C83H94N18O9. The maximum absolute atomic E-state index is 15.3. The third kappa shape index (κ3) is 13.2. The van der Waals surface area contributed by atoms with Gasteiger partial charge in [-0.1, -0.05) is 36.4 Å². The Morgan fingerprint density at radius 3 is 1.39 bits per heavy atom. The standard InChI is InChI=1S/C83H94N18O9/c1-50-44-105-33-29-97(50)71-61-20-23-65(55-13-10-16-58(41-55)76(104)101(59-17-18-59)67-43-83(67)48-96(28-38-110-83)78-88-68-60(72(91-78)98-30-34-106-45-51(98)2)19-22-63(84-68)53-11-8-14-56(39-53)74(102)93-80(4,5)6)85-69(61)87-77(90-71)95-27-37-109-82(47-95)42-66(82)94(7)75(103)57-15-9-12-54(40-57)64-24-21-62-70(86-64)89-79(100-32-36-108-49-81(100)25-26-81)92-73(62)99-31-35-107-46-52(99)3/h8-16,19-24,39-41,50-52,59,66-67H,17-18,25-38,42-49H2,1-7H3,(H,93,102)/t50-,51-,52-,66?,67?,82?,83?/m0/s1. The van der Waals surface area contributed by atoms with Gasteiger partial charge in [0.05, 0.1) is 148 Å². The van der Waals surface area contributed by atoms with Gasteiger partial charge in [0, 0.05) is 104 Å². The van der Waals surface area contributed by atoms with Gasteiger partial charge in [0.1, 0.15) is 28.7 Å². The summed E-state index contributed by atoms with van der Waals surface area (Å²) in [6.07, 6.45) is 5.24. The predicted octanol–water partition coefficient (Wildman–Crippen LogP) is 9.05. The maximum Gasteiger partial charge on any atom is 0.254 e. The Morgan fingerprint density at radius 2 is 0.918 bits per heavy atom. The highest BCUT2D eigenvalue weighted by atomic mass is 16.5. The van der Waals surface area contributed by atoms with Gasteiger partial charge >= 0.3 is 0 Å². The maximum atomic E-state index is 15.3. The summed E-state index contributed by atoms with van der Waals surface area (Å²) in [4.78, 5) is 109. The van der Waals surface area contributed by atoms with Crippen LogP contribution in [0.5, 0.6) is 0 Å². The average molecular weight is 1490 g/mol. The van der Waals surface area contributed by atoms with Crippen LogP contribution < -0.4 is 34.7 Å². The van der Waals surface area contributed by atoms with Gasteiger partial charge in [-0.25, -0.2) is 15.0 Å². The molecule has 4 aliphatic carbocycles. The lowest BCUT2D eigenvalue weighted by atomic mass is 10.0. The van der Waals surface area contributed by atoms with Crippen LogP contribution in [0.2, 0.25) is 0 Å². The molecule has 19 rings (SSSR count). The average Bonchev–Trinajstić information content (AvgIpc) is 1.55. The zero-order chi connectivity index (χ0) is 75.0. The second-order valence-corrected chi connectivity index (χ2v) is 32.9. The predicted molar refractivity (Wildman–Crippen MR) is 418 cm³/mol. The minimum Gasteiger partial charge on any atom is -0.377 e. The molecule has 10 aliphatic rings. The van der Waals surface area contributed by atoms with E-state index in [4.69, 9.17) is 73.3 Å². The van der Waals surface area contributed by atoms with Crippen LogP contribution in [0.3, 0.4) is 0 Å². The molecule has 27 nitrogen and oxygen atoms in total. The lowest BCUT2D eigenvalue weighted by Gasteiger charge is -2.38. The van der Waals surface area contributed by atoms with Crippen LogP contribution in [0.15, 0.2) is 109 Å². The van der Waals surface area contributed by atoms with E-state index < -0.39 is 16.7 Å². The molecule has 6 aromatic heterocycles. The van der Waals surface area contributed by atoms with Gasteiger partial charge in [-0.15, -0.1) is 0 Å². The number of nitrogens with one attached hydrogen (secondary N) is 1. The van der Waals surface area contributed by atoms with E-state index in [9.17, 15) is 9.59 Å². The van der Waals surface area contributed by atoms with Crippen molar-refractivity contribution >= 4 is 86.1 Å². The molecule has 4 unspecified atom stereocenters. The molecule has 7 atom stereocenters. The number of amides is 3. The first kappa shape index (κ1) is 70.5. The van der Waals surface area contributed by atoms with Crippen LogP contribution in [-0.2, 0) is 28.4 Å². The Morgan fingerprint density at radius 1 is 0.482 bits per heavy atom. The van der Waals surface area contributed by atoms with Gasteiger partial charge in [-0.3, -0.25) is 14.4 Å². The normalized spacial score (nSPS) is 25.2. The monoisotopic (exact) mass is 1490 g/mol. The number of aromatic nitrogens is 9. The lowest BCUT2D eigenvalue weighted by Crippen LogP contribution is -2.50. The minimum atomic E-state index is -0.651. The summed E-state index contributed by atoms with van der Waals surface area (Å²) >= 11 is 0. The first-order valence-electron chi connectivity index (χ1n) is 39.3. The highest BCUT2D eigenvalue weighted by molar-refractivity contribution is 5.99. The largest absolute Gasteiger partial charge is 0.377 e. The number of hydrogen-bond donors (Lipinski definition) is 1. The number of anilines is 6. The fourth-order valence-corrected chi connectivity index (χ4v) is 17.5. The van der Waals surface area contributed by atoms with Crippen molar-refractivity contribution < 1.29 is 42.8 Å². The zero-order valence-corrected chi connectivity index (χ0v) is 63.6. The van der Waals surface area contributed by atoms with Crippen LogP contribution in [0.4, 0.5) is 35.3 Å². The number of hydrogen-bond acceptors (Lipinski definition) is 24. The number of carbonyl (C=O) groups excluding carboxylic acids is 3. The van der Waals surface area contributed by atoms with Gasteiger partial charge in [0.25, 0.3) is 17.7 Å². The Hall–Kier alpha value is -9.90. The SMILES string of the molecule is C[C@H]1COCCN1c1nc(N2CCOC3(CC3N(C)C(=O)c3cccc(-c4ccc5c(N6CCOC[C@@H]6C)nc(N6CCOCC67CC7)nc5n4)c3)C2)nc2nc(-c3cccc(C(=O)N(C4CC4)C4CC45CN(c4nc(N6CCOC[C@@H]6C)c6ccc(-c7cccc(C(=O)NC(C)(C)C)c7)nc6n4)CCO5)c3)ccc12. The smallest absolute Gasteiger partial charge is 0.254 e. The van der Waals surface area contributed by atoms with Crippen molar-refractivity contribution in [3.05, 3.63) is 126 Å². The summed E-state index contributed by atoms with van der Waals surface area (Å²) in [5, 5.41) is 5.60. The summed E-state index contributed by atoms with van der Waals surface area (Å²) in [6.45, 7) is 22.8. The number of pyridine rings is 3. The molecule has 10 fully saturated rings. The van der Waals surface area contributed by atoms with Gasteiger partial charge < -0.3 is 72.9 Å². The third-order valence-electron chi connectivity index (χ3n) is 23.9. The topological polar surface area (TPSA) is 261 Å². The number of carbonyl (C=O) groups is 3. The second kappa shape index (κ2) is 27.5. The minimum absolute atomic E-state index is 0.0361. The molecular weight excluding hydrogens is 1390 g/mol. The number of likely N-dealkylation sites (N-methyl/N-ethyl adjacent to an activating group) is 1. The van der Waals surface area contributed by atoms with Crippen LogP contribution in [0.25, 0.3) is 66.9 Å². The van der Waals surface area contributed by atoms with Gasteiger partial charge in [0.2, 0.25) is 17.8 Å². The molecule has 12 heterocycles. The molecule has 3 amide bonds. The van der Waals surface area contributed by atoms with E-state index in [1.54, 1.807) is 0 Å². The molecule has 3 spiro atoms. The van der Waals surface area contributed by atoms with Crippen molar-refractivity contribution in [2.45, 2.75) is 139 Å². The highest BCUT2D eigenvalue weighted by Gasteiger charge is 2.64. The molecule has 3 aromatic carbocycles. The quantitative estimate of drug-likeness (QED) is 0.100. The third-order valence-corrected chi connectivity index (χ3v) is 23.9. The molecule has 110 heavy (non-hydrogen) atoms. The number of fused-ring (bicyclic) bond motifs is 3. The number of morpholine rings is 6. The fraction of sp³-hybridized carbons (Fsp3) is 0.494. The van der Waals surface area contributed by atoms with E-state index in [-0.39, 0.29) is 59.5 Å². The molecule has 6 aliphatic heterocycles. The Balaban J connectivity index is 0.567. The molecule has 0 bridgehead atoms. The summed E-state index contributed by atoms with van der Waals surface area (Å²) in [7, 11) is 1.87. The van der Waals surface area contributed by atoms with Crippen LogP contribution in [0, 0.1) is 0 Å². The first-order chi connectivity index (χ1) is 53.3. The summed E-state index contributed by atoms with van der Waals surface area (Å²) in [6, 6.07) is 35.2. The van der Waals surface area contributed by atoms with Gasteiger partial charge in [0.15, 0.2) is 16.9 Å². The lowest BCUT2D eigenvalue weighted by molar-refractivity contribution is -0.00197. The van der Waals surface area contributed by atoms with E-state index in [1.807, 2.05) is 130 Å². The van der Waals surface area contributed by atoms with E-state index >= 15 is 4.79 Å². The first-order valence-corrected chi connectivity index (χ1v) is 39.3. The van der Waals surface area contributed by atoms with Crippen LogP contribution in [0.1, 0.15) is 111 Å². The number of rotatable bonds is 15. The van der Waals surface area contributed by atoms with Gasteiger partial charge in [-0.05, 0) is 140 Å². The zero-order valence-electron chi connectivity index (χ0n) is 63.6.